The van der Waals surface area contributed by atoms with Crippen LogP contribution in [0, 0.1) is 5.41 Å². The lowest BCUT2D eigenvalue weighted by atomic mass is 9.85. The summed E-state index contributed by atoms with van der Waals surface area (Å²) < 4.78 is 4.95. The fourth-order valence-corrected chi connectivity index (χ4v) is 2.32. The average Bonchev–Trinajstić information content (AvgIpc) is 2.45. The van der Waals surface area contributed by atoms with Gasteiger partial charge in [-0.2, -0.15) is 0 Å². The summed E-state index contributed by atoms with van der Waals surface area (Å²) in [7, 11) is 0. The van der Waals surface area contributed by atoms with Gasteiger partial charge in [-0.1, -0.05) is 19.1 Å². The van der Waals surface area contributed by atoms with Crippen LogP contribution in [0.25, 0.3) is 0 Å². The van der Waals surface area contributed by atoms with Gasteiger partial charge >= 0.3 is 6.09 Å². The lowest BCUT2D eigenvalue weighted by molar-refractivity contribution is -0.139. The molecule has 1 aliphatic heterocycles. The third kappa shape index (κ3) is 3.39. The van der Waals surface area contributed by atoms with Crippen LogP contribution in [0.4, 0.5) is 4.79 Å². The Morgan fingerprint density at radius 3 is 2.10 bits per heavy atom. The zero-order valence-electron chi connectivity index (χ0n) is 12.3. The van der Waals surface area contributed by atoms with Gasteiger partial charge in [0.25, 0.3) is 0 Å². The highest BCUT2D eigenvalue weighted by Gasteiger charge is 2.39. The monoisotopic (exact) mass is 301 g/mol. The van der Waals surface area contributed by atoms with E-state index < -0.39 is 5.41 Å². The topological polar surface area (TPSA) is 75.9 Å². The molecule has 1 fully saturated rings. The number of nitrogens with zero attached hydrogens (tertiary/aromatic N) is 2. The van der Waals surface area contributed by atoms with E-state index in [1.807, 2.05) is 6.92 Å². The van der Waals surface area contributed by atoms with Gasteiger partial charge in [0.15, 0.2) is 0 Å². The molecule has 0 radical (unpaired) electrons. The highest BCUT2D eigenvalue weighted by atomic mass is 32.1. The van der Waals surface area contributed by atoms with Crippen LogP contribution >= 0.6 is 12.2 Å². The quantitative estimate of drug-likeness (QED) is 0.784. The Balaban J connectivity index is 2.63. The Labute approximate surface area is 125 Å². The van der Waals surface area contributed by atoms with Gasteiger partial charge in [0.1, 0.15) is 0 Å². The summed E-state index contributed by atoms with van der Waals surface area (Å²) in [6.07, 6.45) is 0.242. The molecular formula is C13H23N3O3S. The Morgan fingerprint density at radius 1 is 1.20 bits per heavy atom. The molecule has 1 atom stereocenters. The van der Waals surface area contributed by atoms with Gasteiger partial charge in [0.05, 0.1) is 17.0 Å². The van der Waals surface area contributed by atoms with Gasteiger partial charge in [-0.05, 0) is 20.3 Å². The minimum absolute atomic E-state index is 0.0593. The highest BCUT2D eigenvalue weighted by Crippen LogP contribution is 2.25. The molecule has 2 amide bonds. The number of nitrogens with two attached hydrogens (primary N) is 1. The Kier molecular flexibility index (Phi) is 5.74. The van der Waals surface area contributed by atoms with Crippen LogP contribution in [0.15, 0.2) is 0 Å². The van der Waals surface area contributed by atoms with Crippen LogP contribution < -0.4 is 5.73 Å². The molecule has 1 saturated heterocycles. The first-order chi connectivity index (χ1) is 9.36. The summed E-state index contributed by atoms with van der Waals surface area (Å²) in [5, 5.41) is 0. The van der Waals surface area contributed by atoms with E-state index in [2.05, 4.69) is 0 Å². The second-order valence-corrected chi connectivity index (χ2v) is 5.47. The van der Waals surface area contributed by atoms with Crippen molar-refractivity contribution in [2.24, 2.45) is 11.1 Å². The maximum atomic E-state index is 12.5. The third-order valence-corrected chi connectivity index (χ3v) is 4.27. The largest absolute Gasteiger partial charge is 0.450 e. The van der Waals surface area contributed by atoms with Gasteiger partial charge in [0, 0.05) is 26.2 Å². The van der Waals surface area contributed by atoms with Gasteiger partial charge in [0.2, 0.25) is 5.91 Å². The van der Waals surface area contributed by atoms with Crippen molar-refractivity contribution in [3.05, 3.63) is 0 Å². The van der Waals surface area contributed by atoms with E-state index in [4.69, 9.17) is 22.7 Å². The summed E-state index contributed by atoms with van der Waals surface area (Å²) in [5.41, 5.74) is 4.90. The van der Waals surface area contributed by atoms with E-state index >= 15 is 0 Å². The van der Waals surface area contributed by atoms with Crippen LogP contribution in [-0.4, -0.2) is 59.6 Å². The zero-order chi connectivity index (χ0) is 15.3. The van der Waals surface area contributed by atoms with Gasteiger partial charge in [-0.3, -0.25) is 4.79 Å². The first-order valence-corrected chi connectivity index (χ1v) is 7.28. The van der Waals surface area contributed by atoms with Crippen LogP contribution in [0.5, 0.6) is 0 Å². The molecule has 1 unspecified atom stereocenters. The average molecular weight is 301 g/mol. The minimum Gasteiger partial charge on any atom is -0.450 e. The first-order valence-electron chi connectivity index (χ1n) is 6.87. The van der Waals surface area contributed by atoms with Crippen molar-refractivity contribution in [2.45, 2.75) is 27.2 Å². The van der Waals surface area contributed by atoms with Crippen molar-refractivity contribution >= 4 is 29.2 Å². The van der Waals surface area contributed by atoms with E-state index in [0.29, 0.717) is 39.2 Å². The number of thiocarbonyl (C=S) groups is 1. The fourth-order valence-electron chi connectivity index (χ4n) is 2.09. The molecule has 7 heteroatoms. The summed E-state index contributed by atoms with van der Waals surface area (Å²) in [5.74, 6) is -0.0593. The molecule has 6 nitrogen and oxygen atoms in total. The van der Waals surface area contributed by atoms with Crippen LogP contribution in [-0.2, 0) is 9.53 Å². The molecule has 2 N–H and O–H groups in total. The molecule has 0 bridgehead atoms. The second kappa shape index (κ2) is 6.88. The molecule has 0 aromatic carbocycles. The van der Waals surface area contributed by atoms with Crippen molar-refractivity contribution in [1.29, 1.82) is 0 Å². The number of piperazine rings is 1. The molecule has 0 saturated carbocycles. The maximum Gasteiger partial charge on any atom is 0.409 e. The van der Waals surface area contributed by atoms with Crippen LogP contribution in [0.3, 0.4) is 0 Å². The lowest BCUT2D eigenvalue weighted by Gasteiger charge is -2.38. The fraction of sp³-hybridized carbons (Fsp3) is 0.769. The molecular weight excluding hydrogens is 278 g/mol. The summed E-state index contributed by atoms with van der Waals surface area (Å²) >= 11 is 5.02. The molecule has 1 rings (SSSR count). The number of carbonyl (C=O) groups excluding carboxylic acids is 2. The van der Waals surface area contributed by atoms with Crippen LogP contribution in [0.2, 0.25) is 0 Å². The number of hydrogen-bond acceptors (Lipinski definition) is 4. The summed E-state index contributed by atoms with van der Waals surface area (Å²) in [6.45, 7) is 7.70. The van der Waals surface area contributed by atoms with Crippen molar-refractivity contribution in [3.63, 3.8) is 0 Å². The van der Waals surface area contributed by atoms with Crippen molar-refractivity contribution < 1.29 is 14.3 Å². The summed E-state index contributed by atoms with van der Waals surface area (Å²) in [6, 6.07) is 0. The second-order valence-electron chi connectivity index (χ2n) is 5.03. The molecule has 0 aromatic heterocycles. The van der Waals surface area contributed by atoms with Crippen molar-refractivity contribution in [1.82, 2.24) is 9.80 Å². The predicted octanol–water partition coefficient (Wildman–Crippen LogP) is 0.990. The summed E-state index contributed by atoms with van der Waals surface area (Å²) in [4.78, 5) is 27.7. The Morgan fingerprint density at radius 2 is 1.70 bits per heavy atom. The minimum atomic E-state index is -0.804. The number of ether oxygens (including phenoxy) is 1. The highest BCUT2D eigenvalue weighted by molar-refractivity contribution is 7.80. The van der Waals surface area contributed by atoms with Gasteiger partial charge in [-0.15, -0.1) is 0 Å². The van der Waals surface area contributed by atoms with Crippen LogP contribution in [0.1, 0.15) is 27.2 Å². The zero-order valence-corrected chi connectivity index (χ0v) is 13.2. The SMILES string of the molecule is CCOC(=O)N1CCN(C(=O)C(C)(CC)C(N)=S)CC1. The molecule has 20 heavy (non-hydrogen) atoms. The van der Waals surface area contributed by atoms with E-state index in [0.717, 1.165) is 0 Å². The standard InChI is InChI=1S/C13H23N3O3S/c1-4-13(3,10(14)20)11(17)15-6-8-16(9-7-15)12(18)19-5-2/h4-9H2,1-3H3,(H2,14,20). The molecule has 0 aromatic rings. The normalized spacial score (nSPS) is 18.4. The Bertz CT molecular complexity index is 394. The van der Waals surface area contributed by atoms with Gasteiger partial charge < -0.3 is 20.3 Å². The number of amides is 2. The van der Waals surface area contributed by atoms with Gasteiger partial charge in [-0.25, -0.2) is 4.79 Å². The first kappa shape index (κ1) is 16.7. The number of hydrogen-bond donors (Lipinski definition) is 1. The van der Waals surface area contributed by atoms with E-state index in [-0.39, 0.29) is 17.0 Å². The van der Waals surface area contributed by atoms with E-state index in [9.17, 15) is 9.59 Å². The molecule has 1 heterocycles. The Hall–Kier alpha value is -1.37. The lowest BCUT2D eigenvalue weighted by Crippen LogP contribution is -2.56. The van der Waals surface area contributed by atoms with E-state index in [1.54, 1.807) is 23.6 Å². The van der Waals surface area contributed by atoms with Crippen molar-refractivity contribution in [2.75, 3.05) is 32.8 Å². The smallest absolute Gasteiger partial charge is 0.409 e. The van der Waals surface area contributed by atoms with E-state index in [1.165, 1.54) is 0 Å². The molecule has 1 aliphatic rings. The number of carbonyl (C=O) groups is 2. The molecule has 114 valence electrons. The third-order valence-electron chi connectivity index (χ3n) is 3.82. The molecule has 0 spiro atoms. The predicted molar refractivity (Wildman–Crippen MR) is 80.4 cm³/mol. The van der Waals surface area contributed by atoms with Crippen molar-refractivity contribution in [3.8, 4) is 0 Å². The molecule has 0 aliphatic carbocycles. The maximum absolute atomic E-state index is 12.5. The number of rotatable bonds is 4.